The fraction of sp³-hybridized carbons (Fsp3) is 0.949. The summed E-state index contributed by atoms with van der Waals surface area (Å²) in [6, 6.07) is 0. The highest BCUT2D eigenvalue weighted by Crippen LogP contribution is 2.19. The van der Waals surface area contributed by atoms with Crippen LogP contribution in [-0.2, 0) is 28.6 Å². The van der Waals surface area contributed by atoms with E-state index in [1.165, 1.54) is 205 Å². The number of esters is 3. The van der Waals surface area contributed by atoms with E-state index in [1.54, 1.807) is 0 Å². The lowest BCUT2D eigenvalue weighted by molar-refractivity contribution is -0.167. The van der Waals surface area contributed by atoms with Gasteiger partial charge in [0.05, 0.1) is 0 Å². The Bertz CT molecular complexity index is 1010. The lowest BCUT2D eigenvalue weighted by Crippen LogP contribution is -2.30. The quantitative estimate of drug-likeness (QED) is 0.0344. The minimum Gasteiger partial charge on any atom is -0.462 e. The number of carbonyl (C=O) groups is 3. The molecule has 0 aliphatic carbocycles. The van der Waals surface area contributed by atoms with Crippen LogP contribution in [0, 0.1) is 17.8 Å². The Labute approximate surface area is 406 Å². The van der Waals surface area contributed by atoms with Gasteiger partial charge in [-0.3, -0.25) is 14.4 Å². The standard InChI is InChI=1S/C59H114O6/c1-7-55(6)47-41-35-29-23-18-19-25-32-38-44-50-59(62)65-56(52-64-58(61)49-43-37-31-26-20-22-28-34-40-46-54(4)5)51-63-57(60)48-42-36-30-24-17-15-13-11-9-8-10-12-14-16-21-27-33-39-45-53(2)3/h53-56H,7-52H2,1-6H3/t55?,56-/m1/s1. The van der Waals surface area contributed by atoms with Crippen LogP contribution in [0.25, 0.3) is 0 Å². The van der Waals surface area contributed by atoms with Crippen molar-refractivity contribution in [1.82, 2.24) is 0 Å². The predicted molar refractivity (Wildman–Crippen MR) is 279 cm³/mol. The van der Waals surface area contributed by atoms with Gasteiger partial charge in [-0.05, 0) is 37.0 Å². The van der Waals surface area contributed by atoms with E-state index in [2.05, 4.69) is 41.5 Å². The number of hydrogen-bond acceptors (Lipinski definition) is 6. The molecule has 386 valence electrons. The van der Waals surface area contributed by atoms with Gasteiger partial charge in [0.25, 0.3) is 0 Å². The van der Waals surface area contributed by atoms with Crippen molar-refractivity contribution >= 4 is 17.9 Å². The van der Waals surface area contributed by atoms with Crippen molar-refractivity contribution in [2.45, 2.75) is 330 Å². The van der Waals surface area contributed by atoms with Gasteiger partial charge in [-0.15, -0.1) is 0 Å². The van der Waals surface area contributed by atoms with E-state index in [1.807, 2.05) is 0 Å². The van der Waals surface area contributed by atoms with Crippen molar-refractivity contribution in [1.29, 1.82) is 0 Å². The van der Waals surface area contributed by atoms with Crippen LogP contribution in [0.5, 0.6) is 0 Å². The monoisotopic (exact) mass is 919 g/mol. The van der Waals surface area contributed by atoms with Gasteiger partial charge in [0.1, 0.15) is 13.2 Å². The first-order valence-electron chi connectivity index (χ1n) is 29.1. The highest BCUT2D eigenvalue weighted by atomic mass is 16.6. The average molecular weight is 920 g/mol. The summed E-state index contributed by atoms with van der Waals surface area (Å²) in [5.74, 6) is 1.69. The fourth-order valence-corrected chi connectivity index (χ4v) is 8.97. The second kappa shape index (κ2) is 50.3. The molecule has 0 rings (SSSR count). The van der Waals surface area contributed by atoms with Crippen LogP contribution < -0.4 is 0 Å². The minimum absolute atomic E-state index is 0.0639. The summed E-state index contributed by atoms with van der Waals surface area (Å²) in [5.41, 5.74) is 0. The number of hydrogen-bond donors (Lipinski definition) is 0. The maximum atomic E-state index is 12.8. The highest BCUT2D eigenvalue weighted by Gasteiger charge is 2.19. The van der Waals surface area contributed by atoms with Crippen LogP contribution in [0.2, 0.25) is 0 Å². The molecule has 0 aliphatic rings. The van der Waals surface area contributed by atoms with E-state index in [0.717, 1.165) is 75.5 Å². The summed E-state index contributed by atoms with van der Waals surface area (Å²) in [7, 11) is 0. The van der Waals surface area contributed by atoms with Crippen molar-refractivity contribution in [3.63, 3.8) is 0 Å². The summed E-state index contributed by atoms with van der Waals surface area (Å²) < 4.78 is 16.9. The van der Waals surface area contributed by atoms with Gasteiger partial charge in [0, 0.05) is 19.3 Å². The van der Waals surface area contributed by atoms with Crippen LogP contribution >= 0.6 is 0 Å². The molecule has 0 aliphatic heterocycles. The maximum Gasteiger partial charge on any atom is 0.306 e. The van der Waals surface area contributed by atoms with E-state index in [4.69, 9.17) is 14.2 Å². The lowest BCUT2D eigenvalue weighted by Gasteiger charge is -2.18. The Balaban J connectivity index is 4.24. The van der Waals surface area contributed by atoms with E-state index >= 15 is 0 Å². The van der Waals surface area contributed by atoms with Gasteiger partial charge in [-0.25, -0.2) is 0 Å². The molecule has 1 unspecified atom stereocenters. The summed E-state index contributed by atoms with van der Waals surface area (Å²) >= 11 is 0. The van der Waals surface area contributed by atoms with Crippen LogP contribution in [0.3, 0.4) is 0 Å². The topological polar surface area (TPSA) is 78.9 Å². The van der Waals surface area contributed by atoms with Crippen molar-refractivity contribution in [2.24, 2.45) is 17.8 Å². The third kappa shape index (κ3) is 51.6. The van der Waals surface area contributed by atoms with Gasteiger partial charge < -0.3 is 14.2 Å². The molecule has 0 heterocycles. The molecule has 0 saturated carbocycles. The van der Waals surface area contributed by atoms with Crippen LogP contribution in [-0.4, -0.2) is 37.2 Å². The van der Waals surface area contributed by atoms with E-state index in [0.29, 0.717) is 19.3 Å². The molecule has 6 nitrogen and oxygen atoms in total. The van der Waals surface area contributed by atoms with Gasteiger partial charge in [-0.1, -0.05) is 286 Å². The SMILES string of the molecule is CCC(C)CCCCCCCCCCCCC(=O)O[C@H](COC(=O)CCCCCCCCCCCCCCCCCCCCC(C)C)COC(=O)CCCCCCCCCCCC(C)C. The smallest absolute Gasteiger partial charge is 0.306 e. The Morgan fingerprint density at radius 3 is 0.800 bits per heavy atom. The molecule has 0 aromatic heterocycles. The maximum absolute atomic E-state index is 12.8. The van der Waals surface area contributed by atoms with E-state index in [-0.39, 0.29) is 31.1 Å². The third-order valence-corrected chi connectivity index (χ3v) is 13.8. The van der Waals surface area contributed by atoms with E-state index < -0.39 is 6.10 Å². The third-order valence-electron chi connectivity index (χ3n) is 13.8. The average Bonchev–Trinajstić information content (AvgIpc) is 3.28. The Morgan fingerprint density at radius 1 is 0.308 bits per heavy atom. The molecular weight excluding hydrogens is 805 g/mol. The van der Waals surface area contributed by atoms with Crippen molar-refractivity contribution in [3.05, 3.63) is 0 Å². The largest absolute Gasteiger partial charge is 0.462 e. The highest BCUT2D eigenvalue weighted by molar-refractivity contribution is 5.71. The normalized spacial score (nSPS) is 12.6. The zero-order valence-corrected chi connectivity index (χ0v) is 44.8. The van der Waals surface area contributed by atoms with Crippen LogP contribution in [0.4, 0.5) is 0 Å². The molecule has 65 heavy (non-hydrogen) atoms. The second-order valence-electron chi connectivity index (χ2n) is 21.5. The number of unbranched alkanes of at least 4 members (excludes halogenated alkanes) is 34. The molecule has 0 radical (unpaired) electrons. The summed E-state index contributed by atoms with van der Waals surface area (Å²) in [6.07, 6.45) is 52.4. The molecule has 0 spiro atoms. The molecule has 0 bridgehead atoms. The lowest BCUT2D eigenvalue weighted by atomic mass is 9.99. The Hall–Kier alpha value is -1.59. The summed E-state index contributed by atoms with van der Waals surface area (Å²) in [4.78, 5) is 38.1. The Morgan fingerprint density at radius 2 is 0.538 bits per heavy atom. The number of carbonyl (C=O) groups excluding carboxylic acids is 3. The summed E-state index contributed by atoms with van der Waals surface area (Å²) in [5, 5.41) is 0. The molecular formula is C59H114O6. The first kappa shape index (κ1) is 63.4. The van der Waals surface area contributed by atoms with Crippen molar-refractivity contribution < 1.29 is 28.6 Å². The van der Waals surface area contributed by atoms with Gasteiger partial charge in [-0.2, -0.15) is 0 Å². The molecule has 0 aromatic carbocycles. The zero-order chi connectivity index (χ0) is 47.7. The second-order valence-corrected chi connectivity index (χ2v) is 21.5. The summed E-state index contributed by atoms with van der Waals surface area (Å²) in [6.45, 7) is 13.8. The molecule has 0 amide bonds. The molecule has 6 heteroatoms. The first-order valence-corrected chi connectivity index (χ1v) is 29.1. The van der Waals surface area contributed by atoms with Crippen molar-refractivity contribution in [2.75, 3.05) is 13.2 Å². The molecule has 0 aromatic rings. The number of rotatable bonds is 52. The van der Waals surface area contributed by atoms with Crippen molar-refractivity contribution in [3.8, 4) is 0 Å². The zero-order valence-electron chi connectivity index (χ0n) is 44.8. The first-order chi connectivity index (χ1) is 31.6. The molecule has 0 N–H and O–H groups in total. The van der Waals surface area contributed by atoms with Gasteiger partial charge >= 0.3 is 17.9 Å². The minimum atomic E-state index is -0.764. The molecule has 2 atom stereocenters. The van der Waals surface area contributed by atoms with Crippen LogP contribution in [0.15, 0.2) is 0 Å². The number of ether oxygens (including phenoxy) is 3. The molecule has 0 saturated heterocycles. The predicted octanol–water partition coefficient (Wildman–Crippen LogP) is 19.1. The Kier molecular flexibility index (Phi) is 49.1. The van der Waals surface area contributed by atoms with Gasteiger partial charge in [0.15, 0.2) is 6.10 Å². The molecule has 0 fully saturated rings. The van der Waals surface area contributed by atoms with Crippen LogP contribution in [0.1, 0.15) is 324 Å². The van der Waals surface area contributed by atoms with E-state index in [9.17, 15) is 14.4 Å². The fourth-order valence-electron chi connectivity index (χ4n) is 8.97. The van der Waals surface area contributed by atoms with Gasteiger partial charge in [0.2, 0.25) is 0 Å².